The van der Waals surface area contributed by atoms with E-state index in [-0.39, 0.29) is 5.95 Å². The molecule has 0 bridgehead atoms. The third-order valence-electron chi connectivity index (χ3n) is 1.58. The zero-order chi connectivity index (χ0) is 9.84. The van der Waals surface area contributed by atoms with Gasteiger partial charge < -0.3 is 5.73 Å². The highest BCUT2D eigenvalue weighted by molar-refractivity contribution is 7.84. The Hall–Kier alpha value is -0.910. The predicted octanol–water partition coefficient (Wildman–Crippen LogP) is 0.541. The van der Waals surface area contributed by atoms with Gasteiger partial charge in [0, 0.05) is 5.75 Å². The molecular weight excluding hydrogens is 188 g/mol. The maximum absolute atomic E-state index is 11.5. The van der Waals surface area contributed by atoms with Gasteiger partial charge in [-0.05, 0) is 12.3 Å². The fourth-order valence-corrected chi connectivity index (χ4v) is 2.02. The topological polar surface area (TPSA) is 84.7 Å². The summed E-state index contributed by atoms with van der Waals surface area (Å²) in [5, 5.41) is 6.53. The normalized spacial score (nSPS) is 13.5. The molecule has 0 aliphatic carbocycles. The fourth-order valence-electron chi connectivity index (χ4n) is 0.800. The zero-order valence-corrected chi connectivity index (χ0v) is 8.60. The van der Waals surface area contributed by atoms with Gasteiger partial charge in [-0.15, -0.1) is 5.10 Å². The first-order chi connectivity index (χ1) is 6.09. The lowest BCUT2D eigenvalue weighted by Crippen LogP contribution is -2.03. The van der Waals surface area contributed by atoms with Gasteiger partial charge >= 0.3 is 0 Å². The second-order valence-electron chi connectivity index (χ2n) is 3.23. The Labute approximate surface area is 79.6 Å². The molecule has 13 heavy (non-hydrogen) atoms. The molecule has 0 saturated carbocycles. The van der Waals surface area contributed by atoms with Crippen molar-refractivity contribution in [3.8, 4) is 0 Å². The smallest absolute Gasteiger partial charge is 0.240 e. The number of aromatic nitrogens is 3. The highest BCUT2D eigenvalue weighted by atomic mass is 32.2. The van der Waals surface area contributed by atoms with E-state index in [1.807, 2.05) is 0 Å². The van der Waals surface area contributed by atoms with Crippen molar-refractivity contribution in [3.63, 3.8) is 0 Å². The van der Waals surface area contributed by atoms with Gasteiger partial charge in [0.1, 0.15) is 0 Å². The second-order valence-corrected chi connectivity index (χ2v) is 4.72. The molecule has 5 nitrogen and oxygen atoms in total. The number of hydrogen-bond acceptors (Lipinski definition) is 4. The van der Waals surface area contributed by atoms with Crippen molar-refractivity contribution >= 4 is 16.7 Å². The molecule has 6 heteroatoms. The summed E-state index contributed by atoms with van der Waals surface area (Å²) in [6, 6.07) is 0. The van der Waals surface area contributed by atoms with E-state index in [2.05, 4.69) is 29.0 Å². The van der Waals surface area contributed by atoms with Crippen LogP contribution >= 0.6 is 0 Å². The summed E-state index contributed by atoms with van der Waals surface area (Å²) in [5.41, 5.74) is 5.28. The van der Waals surface area contributed by atoms with Crippen LogP contribution in [0.1, 0.15) is 20.3 Å². The first-order valence-electron chi connectivity index (χ1n) is 4.16. The number of hydrogen-bond donors (Lipinski definition) is 2. The van der Waals surface area contributed by atoms with Crippen LogP contribution in [0.15, 0.2) is 5.16 Å². The van der Waals surface area contributed by atoms with Crippen molar-refractivity contribution in [2.75, 3.05) is 11.5 Å². The zero-order valence-electron chi connectivity index (χ0n) is 7.78. The van der Waals surface area contributed by atoms with Crippen molar-refractivity contribution in [2.24, 2.45) is 5.92 Å². The van der Waals surface area contributed by atoms with Gasteiger partial charge in [0.15, 0.2) is 0 Å². The standard InChI is InChI=1S/C7H14N4OS/c1-5(2)3-4-13(12)7-9-6(8)10-11-7/h5H,3-4H2,1-2H3,(H3,8,9,10,11). The summed E-state index contributed by atoms with van der Waals surface area (Å²) in [5.74, 6) is 1.30. The minimum Gasteiger partial charge on any atom is -0.366 e. The van der Waals surface area contributed by atoms with E-state index in [9.17, 15) is 4.21 Å². The number of nitrogens with two attached hydrogens (primary N) is 1. The average Bonchev–Trinajstić information content (AvgIpc) is 2.47. The molecule has 1 heterocycles. The van der Waals surface area contributed by atoms with Crippen LogP contribution < -0.4 is 5.73 Å². The first kappa shape index (κ1) is 10.2. The van der Waals surface area contributed by atoms with E-state index in [1.54, 1.807) is 0 Å². The fraction of sp³-hybridized carbons (Fsp3) is 0.714. The molecule has 0 saturated heterocycles. The number of nitrogen functional groups attached to an aromatic ring is 1. The van der Waals surface area contributed by atoms with Gasteiger partial charge in [0.05, 0.1) is 10.8 Å². The highest BCUT2D eigenvalue weighted by Gasteiger charge is 2.09. The van der Waals surface area contributed by atoms with Crippen molar-refractivity contribution in [1.29, 1.82) is 0 Å². The summed E-state index contributed by atoms with van der Waals surface area (Å²) >= 11 is 0. The van der Waals surface area contributed by atoms with Gasteiger partial charge in [-0.25, -0.2) is 0 Å². The van der Waals surface area contributed by atoms with E-state index in [0.717, 1.165) is 6.42 Å². The van der Waals surface area contributed by atoms with Crippen LogP contribution in [0, 0.1) is 5.92 Å². The molecule has 1 aromatic heterocycles. The van der Waals surface area contributed by atoms with Gasteiger partial charge in [0.25, 0.3) is 0 Å². The second kappa shape index (κ2) is 4.36. The van der Waals surface area contributed by atoms with Crippen molar-refractivity contribution in [1.82, 2.24) is 15.2 Å². The number of H-pyrrole nitrogens is 1. The van der Waals surface area contributed by atoms with Crippen molar-refractivity contribution in [2.45, 2.75) is 25.4 Å². The number of nitrogens with zero attached hydrogens (tertiary/aromatic N) is 2. The lowest BCUT2D eigenvalue weighted by Gasteiger charge is -2.01. The molecule has 0 radical (unpaired) electrons. The molecule has 0 spiro atoms. The van der Waals surface area contributed by atoms with Crippen molar-refractivity contribution < 1.29 is 4.21 Å². The summed E-state index contributed by atoms with van der Waals surface area (Å²) < 4.78 is 11.5. The molecule has 0 aromatic carbocycles. The summed E-state index contributed by atoms with van der Waals surface area (Å²) in [7, 11) is -1.09. The minimum atomic E-state index is -1.09. The van der Waals surface area contributed by atoms with E-state index in [0.29, 0.717) is 16.8 Å². The lowest BCUT2D eigenvalue weighted by atomic mass is 10.2. The van der Waals surface area contributed by atoms with Crippen LogP contribution in [0.3, 0.4) is 0 Å². The minimum absolute atomic E-state index is 0.146. The largest absolute Gasteiger partial charge is 0.366 e. The molecular formula is C7H14N4OS. The highest BCUT2D eigenvalue weighted by Crippen LogP contribution is 2.06. The molecule has 1 rings (SSSR count). The van der Waals surface area contributed by atoms with Crippen LogP contribution in [0.5, 0.6) is 0 Å². The Morgan fingerprint density at radius 3 is 2.77 bits per heavy atom. The third-order valence-corrected chi connectivity index (χ3v) is 2.80. The van der Waals surface area contributed by atoms with E-state index >= 15 is 0 Å². The van der Waals surface area contributed by atoms with Crippen LogP contribution in [0.2, 0.25) is 0 Å². The third kappa shape index (κ3) is 3.14. The monoisotopic (exact) mass is 202 g/mol. The SMILES string of the molecule is CC(C)CCS(=O)c1nc(N)n[nH]1. The predicted molar refractivity (Wildman–Crippen MR) is 51.5 cm³/mol. The Morgan fingerprint density at radius 1 is 1.62 bits per heavy atom. The van der Waals surface area contributed by atoms with Gasteiger partial charge in [0.2, 0.25) is 11.1 Å². The molecule has 1 atom stereocenters. The number of anilines is 1. The van der Waals surface area contributed by atoms with Gasteiger partial charge in [-0.2, -0.15) is 4.98 Å². The van der Waals surface area contributed by atoms with Crippen LogP contribution in [-0.4, -0.2) is 25.1 Å². The van der Waals surface area contributed by atoms with Crippen LogP contribution in [-0.2, 0) is 10.8 Å². The lowest BCUT2D eigenvalue weighted by molar-refractivity contribution is 0.617. The maximum atomic E-state index is 11.5. The number of nitrogens with one attached hydrogen (secondary N) is 1. The summed E-state index contributed by atoms with van der Waals surface area (Å²) in [6.07, 6.45) is 0.910. The van der Waals surface area contributed by atoms with E-state index < -0.39 is 10.8 Å². The van der Waals surface area contributed by atoms with Crippen molar-refractivity contribution in [3.05, 3.63) is 0 Å². The van der Waals surface area contributed by atoms with Gasteiger partial charge in [-0.3, -0.25) is 9.31 Å². The first-order valence-corrected chi connectivity index (χ1v) is 5.47. The Morgan fingerprint density at radius 2 is 2.31 bits per heavy atom. The molecule has 0 fully saturated rings. The molecule has 1 unspecified atom stereocenters. The van der Waals surface area contributed by atoms with E-state index in [1.165, 1.54) is 0 Å². The molecule has 74 valence electrons. The molecule has 0 aliphatic heterocycles. The van der Waals surface area contributed by atoms with Gasteiger partial charge in [-0.1, -0.05) is 13.8 Å². The number of rotatable bonds is 4. The Kier molecular flexibility index (Phi) is 3.41. The summed E-state index contributed by atoms with van der Waals surface area (Å²) in [4.78, 5) is 3.80. The van der Waals surface area contributed by atoms with Crippen LogP contribution in [0.4, 0.5) is 5.95 Å². The summed E-state index contributed by atoms with van der Waals surface area (Å²) in [6.45, 7) is 4.18. The Balaban J connectivity index is 2.49. The molecule has 3 N–H and O–H groups in total. The molecule has 0 amide bonds. The average molecular weight is 202 g/mol. The Bertz CT molecular complexity index is 296. The molecule has 0 aliphatic rings. The maximum Gasteiger partial charge on any atom is 0.240 e. The quantitative estimate of drug-likeness (QED) is 0.746. The van der Waals surface area contributed by atoms with Crippen LogP contribution in [0.25, 0.3) is 0 Å². The number of aromatic amines is 1. The molecule has 1 aromatic rings. The van der Waals surface area contributed by atoms with E-state index in [4.69, 9.17) is 5.73 Å².